The van der Waals surface area contributed by atoms with E-state index >= 15 is 0 Å². The van der Waals surface area contributed by atoms with E-state index in [0.29, 0.717) is 5.56 Å². The van der Waals surface area contributed by atoms with Crippen molar-refractivity contribution in [3.05, 3.63) is 48.6 Å². The number of hydrogen-bond acceptors (Lipinski definition) is 3. The van der Waals surface area contributed by atoms with Gasteiger partial charge in [-0.25, -0.2) is 4.79 Å². The molecule has 5 heteroatoms. The molecule has 1 rings (SSSR count). The largest absolute Gasteiger partial charge is 0.480 e. The minimum atomic E-state index is -1.10. The van der Waals surface area contributed by atoms with Gasteiger partial charge in [0.25, 0.3) is 5.91 Å². The summed E-state index contributed by atoms with van der Waals surface area (Å²) in [5.41, 5.74) is 0.672. The molecule has 0 spiro atoms. The fourth-order valence-electron chi connectivity index (χ4n) is 1.66. The molecule has 0 bridgehead atoms. The number of nitrogens with one attached hydrogen (secondary N) is 1. The lowest BCUT2D eigenvalue weighted by atomic mass is 10.1. The molecule has 102 valence electrons. The SMILES string of the molecule is C=CC[C@@H](NC(=O)[C@@H](OC)c1ccccc1)C(=O)O. The highest BCUT2D eigenvalue weighted by Crippen LogP contribution is 2.16. The topological polar surface area (TPSA) is 75.6 Å². The molecule has 0 aliphatic carbocycles. The van der Waals surface area contributed by atoms with Gasteiger partial charge in [0.15, 0.2) is 6.10 Å². The number of carbonyl (C=O) groups is 2. The number of ether oxygens (including phenoxy) is 1. The molecule has 0 aromatic heterocycles. The van der Waals surface area contributed by atoms with Crippen molar-refractivity contribution in [2.75, 3.05) is 7.11 Å². The van der Waals surface area contributed by atoms with Crippen LogP contribution in [0.1, 0.15) is 18.1 Å². The Morgan fingerprint density at radius 3 is 2.53 bits per heavy atom. The first-order chi connectivity index (χ1) is 9.10. The molecule has 0 radical (unpaired) electrons. The molecule has 1 aromatic rings. The number of benzene rings is 1. The van der Waals surface area contributed by atoms with E-state index in [1.807, 2.05) is 6.07 Å². The van der Waals surface area contributed by atoms with Gasteiger partial charge in [0.1, 0.15) is 6.04 Å². The Bertz CT molecular complexity index is 444. The molecular weight excluding hydrogens is 246 g/mol. The van der Waals surface area contributed by atoms with E-state index in [0.717, 1.165) is 0 Å². The van der Waals surface area contributed by atoms with Gasteiger partial charge < -0.3 is 15.2 Å². The number of carboxylic acids is 1. The summed E-state index contributed by atoms with van der Waals surface area (Å²) in [5.74, 6) is -1.58. The molecule has 0 aliphatic heterocycles. The predicted molar refractivity (Wildman–Crippen MR) is 70.6 cm³/mol. The molecule has 1 amide bonds. The smallest absolute Gasteiger partial charge is 0.326 e. The summed E-state index contributed by atoms with van der Waals surface area (Å²) in [4.78, 5) is 23.0. The first kappa shape index (κ1) is 14.9. The standard InChI is InChI=1S/C14H17NO4/c1-3-7-11(14(17)18)15-13(16)12(19-2)10-8-5-4-6-9-10/h3-6,8-9,11-12H,1,7H2,2H3,(H,15,16)(H,17,18)/t11-,12+/m1/s1. The van der Waals surface area contributed by atoms with Crippen LogP contribution in [0.3, 0.4) is 0 Å². The Morgan fingerprint density at radius 1 is 1.42 bits per heavy atom. The number of methoxy groups -OCH3 is 1. The number of hydrogen-bond donors (Lipinski definition) is 2. The summed E-state index contributed by atoms with van der Waals surface area (Å²) >= 11 is 0. The zero-order valence-electron chi connectivity index (χ0n) is 10.7. The zero-order chi connectivity index (χ0) is 14.3. The maximum Gasteiger partial charge on any atom is 0.326 e. The van der Waals surface area contributed by atoms with Gasteiger partial charge in [-0.15, -0.1) is 6.58 Å². The van der Waals surface area contributed by atoms with Gasteiger partial charge in [0, 0.05) is 7.11 Å². The second-order valence-electron chi connectivity index (χ2n) is 3.95. The molecule has 0 heterocycles. The van der Waals surface area contributed by atoms with Crippen LogP contribution in [-0.2, 0) is 14.3 Å². The van der Waals surface area contributed by atoms with Crippen molar-refractivity contribution in [1.82, 2.24) is 5.32 Å². The molecule has 0 saturated carbocycles. The maximum absolute atomic E-state index is 12.0. The third-order valence-corrected chi connectivity index (χ3v) is 2.59. The molecule has 0 saturated heterocycles. The highest BCUT2D eigenvalue weighted by atomic mass is 16.5. The number of carboxylic acid groups (broad SMARTS) is 1. The molecule has 0 aliphatic rings. The summed E-state index contributed by atoms with van der Waals surface area (Å²) in [7, 11) is 1.40. The second kappa shape index (κ2) is 7.33. The second-order valence-corrected chi connectivity index (χ2v) is 3.95. The monoisotopic (exact) mass is 263 g/mol. The van der Waals surface area contributed by atoms with Gasteiger partial charge in [0.2, 0.25) is 0 Å². The summed E-state index contributed by atoms with van der Waals surface area (Å²) in [5, 5.41) is 11.4. The van der Waals surface area contributed by atoms with Gasteiger partial charge in [-0.05, 0) is 12.0 Å². The Balaban J connectivity index is 2.79. The van der Waals surface area contributed by atoms with Crippen LogP contribution >= 0.6 is 0 Å². The minimum absolute atomic E-state index is 0.159. The van der Waals surface area contributed by atoms with Crippen LogP contribution in [0.25, 0.3) is 0 Å². The third-order valence-electron chi connectivity index (χ3n) is 2.59. The first-order valence-corrected chi connectivity index (χ1v) is 5.82. The normalized spacial score (nSPS) is 13.3. The molecular formula is C14H17NO4. The van der Waals surface area contributed by atoms with Crippen molar-refractivity contribution in [3.63, 3.8) is 0 Å². The van der Waals surface area contributed by atoms with Crippen molar-refractivity contribution in [2.24, 2.45) is 0 Å². The number of rotatable bonds is 7. The van der Waals surface area contributed by atoms with Crippen LogP contribution in [0, 0.1) is 0 Å². The Hall–Kier alpha value is -2.14. The van der Waals surface area contributed by atoms with E-state index in [-0.39, 0.29) is 6.42 Å². The van der Waals surface area contributed by atoms with Gasteiger partial charge in [0.05, 0.1) is 0 Å². The molecule has 1 aromatic carbocycles. The van der Waals surface area contributed by atoms with E-state index in [4.69, 9.17) is 9.84 Å². The lowest BCUT2D eigenvalue weighted by molar-refractivity contribution is -0.143. The van der Waals surface area contributed by atoms with Gasteiger partial charge in [-0.3, -0.25) is 4.79 Å². The van der Waals surface area contributed by atoms with Crippen LogP contribution < -0.4 is 5.32 Å². The van der Waals surface area contributed by atoms with Crippen molar-refractivity contribution in [1.29, 1.82) is 0 Å². The van der Waals surface area contributed by atoms with E-state index in [2.05, 4.69) is 11.9 Å². The van der Waals surface area contributed by atoms with Gasteiger partial charge in [-0.2, -0.15) is 0 Å². The predicted octanol–water partition coefficient (Wildman–Crippen LogP) is 1.52. The number of carbonyl (C=O) groups excluding carboxylic acids is 1. The van der Waals surface area contributed by atoms with Crippen LogP contribution in [-0.4, -0.2) is 30.1 Å². The zero-order valence-corrected chi connectivity index (χ0v) is 10.7. The summed E-state index contributed by atoms with van der Waals surface area (Å²) < 4.78 is 5.13. The highest BCUT2D eigenvalue weighted by molar-refractivity contribution is 5.87. The van der Waals surface area contributed by atoms with E-state index in [1.54, 1.807) is 24.3 Å². The summed E-state index contributed by atoms with van der Waals surface area (Å²) in [6, 6.07) is 7.89. The van der Waals surface area contributed by atoms with Gasteiger partial charge >= 0.3 is 5.97 Å². The maximum atomic E-state index is 12.0. The molecule has 2 atom stereocenters. The van der Waals surface area contributed by atoms with Crippen LogP contribution in [0.2, 0.25) is 0 Å². The van der Waals surface area contributed by atoms with E-state index in [1.165, 1.54) is 13.2 Å². The van der Waals surface area contributed by atoms with Crippen molar-refractivity contribution in [3.8, 4) is 0 Å². The van der Waals surface area contributed by atoms with Crippen molar-refractivity contribution >= 4 is 11.9 Å². The minimum Gasteiger partial charge on any atom is -0.480 e. The first-order valence-electron chi connectivity index (χ1n) is 5.82. The molecule has 0 unspecified atom stereocenters. The van der Waals surface area contributed by atoms with Crippen molar-refractivity contribution in [2.45, 2.75) is 18.6 Å². The van der Waals surface area contributed by atoms with Crippen molar-refractivity contribution < 1.29 is 19.4 Å². The quantitative estimate of drug-likeness (QED) is 0.731. The summed E-state index contributed by atoms with van der Waals surface area (Å²) in [6.07, 6.45) is 0.781. The van der Waals surface area contributed by atoms with Crippen LogP contribution in [0.5, 0.6) is 0 Å². The average molecular weight is 263 g/mol. The van der Waals surface area contributed by atoms with E-state index in [9.17, 15) is 9.59 Å². The summed E-state index contributed by atoms with van der Waals surface area (Å²) in [6.45, 7) is 3.47. The fourth-order valence-corrected chi connectivity index (χ4v) is 1.66. The molecule has 5 nitrogen and oxygen atoms in total. The number of aliphatic carboxylic acids is 1. The number of amides is 1. The molecule has 2 N–H and O–H groups in total. The van der Waals surface area contributed by atoms with E-state index < -0.39 is 24.0 Å². The van der Waals surface area contributed by atoms with Crippen LogP contribution in [0.4, 0.5) is 0 Å². The third kappa shape index (κ3) is 4.22. The lowest BCUT2D eigenvalue weighted by Gasteiger charge is -2.18. The lowest BCUT2D eigenvalue weighted by Crippen LogP contribution is -2.43. The average Bonchev–Trinajstić information content (AvgIpc) is 2.40. The van der Waals surface area contributed by atoms with Crippen LogP contribution in [0.15, 0.2) is 43.0 Å². The van der Waals surface area contributed by atoms with Gasteiger partial charge in [-0.1, -0.05) is 36.4 Å². The highest BCUT2D eigenvalue weighted by Gasteiger charge is 2.25. The Kier molecular flexibility index (Phi) is 5.75. The Labute approximate surface area is 111 Å². The molecule has 0 fully saturated rings. The molecule has 19 heavy (non-hydrogen) atoms. The fraction of sp³-hybridized carbons (Fsp3) is 0.286. The Morgan fingerprint density at radius 2 is 2.05 bits per heavy atom.